The van der Waals surface area contributed by atoms with Gasteiger partial charge in [-0.1, -0.05) is 17.8 Å². The summed E-state index contributed by atoms with van der Waals surface area (Å²) in [4.78, 5) is 19.3. The van der Waals surface area contributed by atoms with Crippen molar-refractivity contribution in [3.05, 3.63) is 10.6 Å². The third-order valence-electron chi connectivity index (χ3n) is 4.33. The van der Waals surface area contributed by atoms with E-state index in [2.05, 4.69) is 15.2 Å². The van der Waals surface area contributed by atoms with E-state index in [-0.39, 0.29) is 5.97 Å². The molecule has 0 radical (unpaired) electrons. The van der Waals surface area contributed by atoms with E-state index in [1.54, 1.807) is 0 Å². The Morgan fingerprint density at radius 3 is 3.05 bits per heavy atom. The van der Waals surface area contributed by atoms with Gasteiger partial charge in [0.2, 0.25) is 0 Å². The fraction of sp³-hybridized carbons (Fsp3) is 0.714. The lowest BCUT2D eigenvalue weighted by molar-refractivity contribution is 0.0605. The fourth-order valence-electron chi connectivity index (χ4n) is 3.31. The number of ether oxygens (including phenoxy) is 1. The van der Waals surface area contributed by atoms with Gasteiger partial charge in [0.05, 0.1) is 12.8 Å². The Morgan fingerprint density at radius 2 is 2.25 bits per heavy atom. The maximum Gasteiger partial charge on any atom is 0.350 e. The van der Waals surface area contributed by atoms with Crippen molar-refractivity contribution in [2.24, 2.45) is 0 Å². The maximum absolute atomic E-state index is 11.6. The van der Waals surface area contributed by atoms with E-state index in [4.69, 9.17) is 4.74 Å². The number of aromatic nitrogens is 1. The highest BCUT2D eigenvalue weighted by molar-refractivity contribution is 7.17. The summed E-state index contributed by atoms with van der Waals surface area (Å²) >= 11 is 1.40. The summed E-state index contributed by atoms with van der Waals surface area (Å²) in [5.41, 5.74) is 0.753. The van der Waals surface area contributed by atoms with Gasteiger partial charge in [-0.05, 0) is 32.7 Å². The number of methoxy groups -OCH3 is 1. The summed E-state index contributed by atoms with van der Waals surface area (Å²) in [7, 11) is 1.41. The van der Waals surface area contributed by atoms with Crippen LogP contribution in [0, 0.1) is 6.92 Å². The quantitative estimate of drug-likeness (QED) is 0.867. The van der Waals surface area contributed by atoms with Crippen molar-refractivity contribution in [1.29, 1.82) is 0 Å². The van der Waals surface area contributed by atoms with E-state index in [1.165, 1.54) is 50.8 Å². The number of hydrogen-bond donors (Lipinski definition) is 1. The lowest BCUT2D eigenvalue weighted by atomic mass is 9.99. The second-order valence-electron chi connectivity index (χ2n) is 5.56. The third-order valence-corrected chi connectivity index (χ3v) is 5.40. The number of thiazole rings is 1. The summed E-state index contributed by atoms with van der Waals surface area (Å²) in [5.74, 6) is -0.293. The molecule has 0 spiro atoms. The second-order valence-corrected chi connectivity index (χ2v) is 6.56. The van der Waals surface area contributed by atoms with E-state index in [1.807, 2.05) is 6.92 Å². The third kappa shape index (κ3) is 2.54. The van der Waals surface area contributed by atoms with Gasteiger partial charge < -0.3 is 10.1 Å². The Bertz CT molecular complexity index is 503. The number of piperidine rings is 1. The summed E-state index contributed by atoms with van der Waals surface area (Å²) in [6.07, 6.45) is 5.08. The summed E-state index contributed by atoms with van der Waals surface area (Å²) in [6, 6.07) is 1.10. The van der Waals surface area contributed by atoms with Gasteiger partial charge in [0.15, 0.2) is 5.13 Å². The first kappa shape index (κ1) is 13.8. The highest BCUT2D eigenvalue weighted by Crippen LogP contribution is 2.31. The molecule has 0 aromatic carbocycles. The van der Waals surface area contributed by atoms with Gasteiger partial charge in [-0.2, -0.15) is 0 Å². The molecule has 2 atom stereocenters. The maximum atomic E-state index is 11.6. The van der Waals surface area contributed by atoms with Gasteiger partial charge in [0.1, 0.15) is 4.88 Å². The number of hydrogen-bond acceptors (Lipinski definition) is 6. The highest BCUT2D eigenvalue weighted by Gasteiger charge is 2.35. The van der Waals surface area contributed by atoms with Crippen LogP contribution in [0.5, 0.6) is 0 Å². The highest BCUT2D eigenvalue weighted by atomic mass is 32.1. The predicted molar refractivity (Wildman–Crippen MR) is 79.4 cm³/mol. The average Bonchev–Trinajstić information content (AvgIpc) is 3.03. The predicted octanol–water partition coefficient (Wildman–Crippen LogP) is 2.28. The van der Waals surface area contributed by atoms with Crippen LogP contribution in [0.4, 0.5) is 5.13 Å². The molecule has 6 heteroatoms. The van der Waals surface area contributed by atoms with Crippen LogP contribution in [0.2, 0.25) is 0 Å². The van der Waals surface area contributed by atoms with Crippen LogP contribution in [-0.2, 0) is 4.74 Å². The van der Waals surface area contributed by atoms with Crippen LogP contribution in [-0.4, -0.2) is 48.1 Å². The number of nitrogens with zero attached hydrogens (tertiary/aromatic N) is 2. The van der Waals surface area contributed by atoms with Gasteiger partial charge >= 0.3 is 5.97 Å². The van der Waals surface area contributed by atoms with E-state index in [0.717, 1.165) is 17.2 Å². The summed E-state index contributed by atoms with van der Waals surface area (Å²) < 4.78 is 4.78. The molecular formula is C14H21N3O2S. The van der Waals surface area contributed by atoms with Crippen molar-refractivity contribution < 1.29 is 9.53 Å². The van der Waals surface area contributed by atoms with Crippen LogP contribution in [0.3, 0.4) is 0 Å². The number of esters is 1. The van der Waals surface area contributed by atoms with Crippen LogP contribution >= 0.6 is 11.3 Å². The number of carbonyl (C=O) groups excluding carboxylic acids is 1. The molecule has 2 aliphatic rings. The van der Waals surface area contributed by atoms with E-state index < -0.39 is 0 Å². The largest absolute Gasteiger partial charge is 0.465 e. The van der Waals surface area contributed by atoms with Gasteiger partial charge in [-0.3, -0.25) is 4.90 Å². The van der Waals surface area contributed by atoms with Gasteiger partial charge in [-0.25, -0.2) is 9.78 Å². The van der Waals surface area contributed by atoms with Crippen LogP contribution in [0.15, 0.2) is 0 Å². The Kier molecular flexibility index (Phi) is 3.94. The second kappa shape index (κ2) is 5.69. The van der Waals surface area contributed by atoms with Crippen LogP contribution < -0.4 is 5.32 Å². The zero-order valence-corrected chi connectivity index (χ0v) is 12.8. The Hall–Kier alpha value is -1.14. The molecule has 3 rings (SSSR count). The molecule has 3 heterocycles. The standard InChI is InChI=1S/C14H21N3O2S/c1-9-12(13(18)19-2)20-14(15-9)16-10-6-8-17-7-4-3-5-11(10)17/h10-11H,3-8H2,1-2H3,(H,15,16). The lowest BCUT2D eigenvalue weighted by Gasteiger charge is -2.32. The zero-order valence-electron chi connectivity index (χ0n) is 12.0. The van der Waals surface area contributed by atoms with Crippen molar-refractivity contribution in [2.45, 2.75) is 44.7 Å². The molecule has 2 aliphatic heterocycles. The first-order valence-corrected chi connectivity index (χ1v) is 8.07. The number of aryl methyl sites for hydroxylation is 1. The summed E-state index contributed by atoms with van der Waals surface area (Å²) in [6.45, 7) is 4.26. The first-order valence-electron chi connectivity index (χ1n) is 7.25. The van der Waals surface area contributed by atoms with E-state index in [9.17, 15) is 4.79 Å². The van der Waals surface area contributed by atoms with Gasteiger partial charge in [0, 0.05) is 18.6 Å². The van der Waals surface area contributed by atoms with Crippen molar-refractivity contribution >= 4 is 22.4 Å². The Labute approximate surface area is 123 Å². The van der Waals surface area contributed by atoms with Gasteiger partial charge in [0.25, 0.3) is 0 Å². The van der Waals surface area contributed by atoms with Crippen molar-refractivity contribution in [3.8, 4) is 0 Å². The summed E-state index contributed by atoms with van der Waals surface area (Å²) in [5, 5.41) is 4.39. The molecule has 0 amide bonds. The molecule has 2 unspecified atom stereocenters. The Balaban J connectivity index is 1.70. The molecule has 0 saturated carbocycles. The van der Waals surface area contributed by atoms with Crippen molar-refractivity contribution in [2.75, 3.05) is 25.5 Å². The average molecular weight is 295 g/mol. The Morgan fingerprint density at radius 1 is 1.40 bits per heavy atom. The number of fused-ring (bicyclic) bond motifs is 1. The van der Waals surface area contributed by atoms with Crippen LogP contribution in [0.25, 0.3) is 0 Å². The molecule has 1 aromatic heterocycles. The number of nitrogens with one attached hydrogen (secondary N) is 1. The van der Waals surface area contributed by atoms with Crippen LogP contribution in [0.1, 0.15) is 41.0 Å². The monoisotopic (exact) mass is 295 g/mol. The molecule has 2 saturated heterocycles. The fourth-order valence-corrected chi connectivity index (χ4v) is 4.26. The topological polar surface area (TPSA) is 54.5 Å². The molecule has 20 heavy (non-hydrogen) atoms. The van der Waals surface area contributed by atoms with E-state index in [0.29, 0.717) is 17.0 Å². The molecule has 5 nitrogen and oxygen atoms in total. The van der Waals surface area contributed by atoms with Crippen molar-refractivity contribution in [1.82, 2.24) is 9.88 Å². The minimum atomic E-state index is -0.293. The zero-order chi connectivity index (χ0) is 14.1. The first-order chi connectivity index (χ1) is 9.69. The minimum absolute atomic E-state index is 0.293. The molecule has 1 aromatic rings. The number of rotatable bonds is 3. The lowest BCUT2D eigenvalue weighted by Crippen LogP contribution is -2.41. The molecule has 0 aliphatic carbocycles. The molecule has 110 valence electrons. The van der Waals surface area contributed by atoms with E-state index >= 15 is 0 Å². The smallest absolute Gasteiger partial charge is 0.350 e. The minimum Gasteiger partial charge on any atom is -0.465 e. The number of carbonyl (C=O) groups is 1. The SMILES string of the molecule is COC(=O)c1sc(NC2CCN3CCCCC23)nc1C. The van der Waals surface area contributed by atoms with Crippen molar-refractivity contribution in [3.63, 3.8) is 0 Å². The molecule has 1 N–H and O–H groups in total. The molecule has 2 fully saturated rings. The number of anilines is 1. The molecular weight excluding hydrogens is 274 g/mol. The normalized spacial score (nSPS) is 26.3. The molecule has 0 bridgehead atoms. The van der Waals surface area contributed by atoms with Gasteiger partial charge in [-0.15, -0.1) is 0 Å².